The van der Waals surface area contributed by atoms with Crippen LogP contribution in [0.5, 0.6) is 0 Å². The van der Waals surface area contributed by atoms with Crippen LogP contribution in [-0.4, -0.2) is 33.6 Å². The van der Waals surface area contributed by atoms with Crippen molar-refractivity contribution in [2.45, 2.75) is 46.7 Å². The lowest BCUT2D eigenvalue weighted by Gasteiger charge is -2.14. The Morgan fingerprint density at radius 1 is 0.750 bits per heavy atom. The molecular weight excluding hydrogens is 258 g/mol. The zero-order chi connectivity index (χ0) is 15.0. The van der Waals surface area contributed by atoms with Gasteiger partial charge in [-0.1, -0.05) is 6.92 Å². The molecule has 0 spiro atoms. The summed E-state index contributed by atoms with van der Waals surface area (Å²) in [4.78, 5) is 12.7. The standard InChI is InChI=1S/C11H25N9/c1-6-12-18-9-13-10(19-16-7(2)3)15-11(14-9)20-17-8(4)5/h7-8,12,16-17H,6H2,1-5H3,(H3,13,14,15,18,19,20). The predicted molar refractivity (Wildman–Crippen MR) is 80.9 cm³/mol. The van der Waals surface area contributed by atoms with Crippen LogP contribution in [-0.2, 0) is 0 Å². The summed E-state index contributed by atoms with van der Waals surface area (Å²) in [5, 5.41) is 0. The Hall–Kier alpha value is -1.71. The quantitative estimate of drug-likeness (QED) is 0.360. The van der Waals surface area contributed by atoms with Gasteiger partial charge in [-0.05, 0) is 27.7 Å². The summed E-state index contributed by atoms with van der Waals surface area (Å²) >= 11 is 0. The van der Waals surface area contributed by atoms with Crippen molar-refractivity contribution < 1.29 is 0 Å². The van der Waals surface area contributed by atoms with E-state index < -0.39 is 0 Å². The highest BCUT2D eigenvalue weighted by molar-refractivity contribution is 5.40. The highest BCUT2D eigenvalue weighted by Crippen LogP contribution is 2.07. The van der Waals surface area contributed by atoms with Crippen LogP contribution in [0, 0.1) is 0 Å². The maximum atomic E-state index is 4.25. The van der Waals surface area contributed by atoms with Gasteiger partial charge in [0.2, 0.25) is 17.8 Å². The van der Waals surface area contributed by atoms with Crippen molar-refractivity contribution in [2.75, 3.05) is 22.8 Å². The molecular formula is C11H25N9. The van der Waals surface area contributed by atoms with Crippen molar-refractivity contribution in [2.24, 2.45) is 0 Å². The van der Waals surface area contributed by atoms with Crippen LogP contribution in [0.2, 0.25) is 0 Å². The van der Waals surface area contributed by atoms with Crippen molar-refractivity contribution in [1.29, 1.82) is 0 Å². The number of nitrogens with one attached hydrogen (secondary N) is 6. The molecule has 1 heterocycles. The van der Waals surface area contributed by atoms with E-state index in [0.717, 1.165) is 6.54 Å². The van der Waals surface area contributed by atoms with Crippen LogP contribution in [0.4, 0.5) is 17.8 Å². The molecule has 20 heavy (non-hydrogen) atoms. The Balaban J connectivity index is 2.77. The molecule has 0 radical (unpaired) electrons. The maximum Gasteiger partial charge on any atom is 0.244 e. The van der Waals surface area contributed by atoms with E-state index in [1.165, 1.54) is 0 Å². The molecule has 0 fully saturated rings. The first-order chi connectivity index (χ1) is 9.51. The molecule has 6 N–H and O–H groups in total. The number of anilines is 3. The van der Waals surface area contributed by atoms with E-state index in [-0.39, 0.29) is 12.1 Å². The van der Waals surface area contributed by atoms with Crippen molar-refractivity contribution in [1.82, 2.24) is 31.2 Å². The number of rotatable bonds is 9. The predicted octanol–water partition coefficient (Wildman–Crippen LogP) is 0.458. The molecule has 0 aliphatic heterocycles. The number of hydrogen-bond donors (Lipinski definition) is 6. The van der Waals surface area contributed by atoms with Gasteiger partial charge in [-0.3, -0.25) is 16.3 Å². The lowest BCUT2D eigenvalue weighted by atomic mass is 10.4. The molecule has 0 unspecified atom stereocenters. The summed E-state index contributed by atoms with van der Waals surface area (Å²) < 4.78 is 0. The summed E-state index contributed by atoms with van der Waals surface area (Å²) in [5.74, 6) is 1.30. The molecule has 1 rings (SSSR count). The molecule has 0 saturated carbocycles. The first-order valence-electron chi connectivity index (χ1n) is 6.79. The minimum atomic E-state index is 0.266. The summed E-state index contributed by atoms with van der Waals surface area (Å²) in [7, 11) is 0. The Morgan fingerprint density at radius 2 is 1.15 bits per heavy atom. The van der Waals surface area contributed by atoms with Gasteiger partial charge < -0.3 is 0 Å². The molecule has 0 aliphatic rings. The van der Waals surface area contributed by atoms with Crippen LogP contribution in [0.3, 0.4) is 0 Å². The molecule has 0 bridgehead atoms. The van der Waals surface area contributed by atoms with Crippen molar-refractivity contribution in [3.05, 3.63) is 0 Å². The normalized spacial score (nSPS) is 10.9. The summed E-state index contributed by atoms with van der Waals surface area (Å²) in [5.41, 5.74) is 17.8. The number of hydrazine groups is 3. The lowest BCUT2D eigenvalue weighted by Crippen LogP contribution is -2.33. The first kappa shape index (κ1) is 16.3. The summed E-state index contributed by atoms with van der Waals surface area (Å²) in [6, 6.07) is 0.532. The Labute approximate surface area is 119 Å². The van der Waals surface area contributed by atoms with Gasteiger partial charge in [-0.25, -0.2) is 16.3 Å². The van der Waals surface area contributed by atoms with Crippen LogP contribution < -0.4 is 32.6 Å². The molecule has 114 valence electrons. The van der Waals surface area contributed by atoms with E-state index in [4.69, 9.17) is 0 Å². The molecule has 1 aromatic rings. The highest BCUT2D eigenvalue weighted by atomic mass is 15.5. The Morgan fingerprint density at radius 3 is 1.50 bits per heavy atom. The second-order valence-electron chi connectivity index (χ2n) is 4.81. The maximum absolute atomic E-state index is 4.25. The van der Waals surface area contributed by atoms with Crippen LogP contribution in [0.25, 0.3) is 0 Å². The van der Waals surface area contributed by atoms with Gasteiger partial charge in [0.05, 0.1) is 0 Å². The summed E-state index contributed by atoms with van der Waals surface area (Å²) in [6.07, 6.45) is 0. The Kier molecular flexibility index (Phi) is 6.91. The van der Waals surface area contributed by atoms with Crippen LogP contribution in [0.15, 0.2) is 0 Å². The average Bonchev–Trinajstić information content (AvgIpc) is 2.40. The molecule has 0 saturated heterocycles. The topological polar surface area (TPSA) is 111 Å². The van der Waals surface area contributed by atoms with E-state index in [2.05, 4.69) is 47.5 Å². The molecule has 1 aromatic heterocycles. The van der Waals surface area contributed by atoms with E-state index in [9.17, 15) is 0 Å². The minimum Gasteiger partial charge on any atom is -0.289 e. The average molecular weight is 283 g/mol. The van der Waals surface area contributed by atoms with E-state index in [1.54, 1.807) is 0 Å². The largest absolute Gasteiger partial charge is 0.289 e. The molecule has 0 atom stereocenters. The van der Waals surface area contributed by atoms with E-state index in [1.807, 2.05) is 34.6 Å². The zero-order valence-electron chi connectivity index (χ0n) is 12.7. The molecule has 0 aromatic carbocycles. The minimum absolute atomic E-state index is 0.266. The van der Waals surface area contributed by atoms with Crippen molar-refractivity contribution >= 4 is 17.8 Å². The summed E-state index contributed by atoms with van der Waals surface area (Å²) in [6.45, 7) is 10.8. The van der Waals surface area contributed by atoms with Gasteiger partial charge in [-0.2, -0.15) is 15.0 Å². The second kappa shape index (κ2) is 8.46. The van der Waals surface area contributed by atoms with Gasteiger partial charge >= 0.3 is 0 Å². The number of aromatic nitrogens is 3. The second-order valence-corrected chi connectivity index (χ2v) is 4.81. The van der Waals surface area contributed by atoms with Gasteiger partial charge in [0.15, 0.2) is 0 Å². The highest BCUT2D eigenvalue weighted by Gasteiger charge is 2.06. The zero-order valence-corrected chi connectivity index (χ0v) is 12.7. The fourth-order valence-electron chi connectivity index (χ4n) is 1.13. The Bertz CT molecular complexity index is 363. The van der Waals surface area contributed by atoms with Gasteiger partial charge in [0.25, 0.3) is 0 Å². The molecule has 0 amide bonds. The van der Waals surface area contributed by atoms with E-state index in [0.29, 0.717) is 17.8 Å². The van der Waals surface area contributed by atoms with E-state index >= 15 is 0 Å². The van der Waals surface area contributed by atoms with Crippen LogP contribution in [0.1, 0.15) is 34.6 Å². The SMILES string of the molecule is CCNNc1nc(NNC(C)C)nc(NNC(C)C)n1. The molecule has 9 heteroatoms. The third kappa shape index (κ3) is 6.45. The first-order valence-corrected chi connectivity index (χ1v) is 6.79. The molecule has 0 aliphatic carbocycles. The van der Waals surface area contributed by atoms with Crippen molar-refractivity contribution in [3.8, 4) is 0 Å². The fourth-order valence-corrected chi connectivity index (χ4v) is 1.13. The van der Waals surface area contributed by atoms with Crippen LogP contribution >= 0.6 is 0 Å². The third-order valence-electron chi connectivity index (χ3n) is 1.96. The lowest BCUT2D eigenvalue weighted by molar-refractivity contribution is 0.644. The smallest absolute Gasteiger partial charge is 0.244 e. The monoisotopic (exact) mass is 283 g/mol. The fraction of sp³-hybridized carbons (Fsp3) is 0.727. The van der Waals surface area contributed by atoms with Crippen molar-refractivity contribution in [3.63, 3.8) is 0 Å². The molecule has 9 nitrogen and oxygen atoms in total. The van der Waals surface area contributed by atoms with Gasteiger partial charge in [0, 0.05) is 18.6 Å². The van der Waals surface area contributed by atoms with Gasteiger partial charge in [0.1, 0.15) is 0 Å². The number of hydrogen-bond acceptors (Lipinski definition) is 9. The van der Waals surface area contributed by atoms with Gasteiger partial charge in [-0.15, -0.1) is 0 Å². The number of nitrogens with zero attached hydrogens (tertiary/aromatic N) is 3. The third-order valence-corrected chi connectivity index (χ3v) is 1.96.